The molecule has 0 spiro atoms. The van der Waals surface area contributed by atoms with E-state index in [9.17, 15) is 9.59 Å². The van der Waals surface area contributed by atoms with Crippen LogP contribution in [0.5, 0.6) is 0 Å². The lowest BCUT2D eigenvalue weighted by Crippen LogP contribution is -2.47. The molecule has 0 radical (unpaired) electrons. The van der Waals surface area contributed by atoms with Gasteiger partial charge in [0.2, 0.25) is 11.7 Å². The molecule has 2 saturated heterocycles. The van der Waals surface area contributed by atoms with Crippen LogP contribution in [0.3, 0.4) is 0 Å². The molecule has 2 atom stereocenters. The highest BCUT2D eigenvalue weighted by molar-refractivity contribution is 6.08. The van der Waals surface area contributed by atoms with Gasteiger partial charge in [-0.1, -0.05) is 5.21 Å². The van der Waals surface area contributed by atoms with E-state index in [1.807, 2.05) is 12.3 Å². The van der Waals surface area contributed by atoms with Crippen molar-refractivity contribution in [1.82, 2.24) is 29.7 Å². The van der Waals surface area contributed by atoms with Crippen LogP contribution in [0.15, 0.2) is 30.3 Å². The largest absolute Gasteiger partial charge is 0.473 e. The van der Waals surface area contributed by atoms with Gasteiger partial charge in [0.15, 0.2) is 6.23 Å². The van der Waals surface area contributed by atoms with E-state index in [1.165, 1.54) is 6.08 Å². The molecular weight excluding hydrogens is 324 g/mol. The molecule has 2 aromatic rings. The summed E-state index contributed by atoms with van der Waals surface area (Å²) in [6.45, 7) is 1.70. The molecule has 9 heteroatoms. The minimum atomic E-state index is -0.652. The summed E-state index contributed by atoms with van der Waals surface area (Å²) < 4.78 is 9.20. The summed E-state index contributed by atoms with van der Waals surface area (Å²) in [4.78, 5) is 27.2. The molecule has 0 saturated carbocycles. The Labute approximate surface area is 142 Å². The molecular formula is C16H16N6O3. The van der Waals surface area contributed by atoms with Gasteiger partial charge in [0, 0.05) is 31.4 Å². The normalized spacial score (nSPS) is 24.5. The number of allylic oxidation sites excluding steroid dienone is 1. The highest BCUT2D eigenvalue weighted by atomic mass is 16.5. The van der Waals surface area contributed by atoms with Crippen LogP contribution in [0, 0.1) is 0 Å². The van der Waals surface area contributed by atoms with E-state index < -0.39 is 5.92 Å². The van der Waals surface area contributed by atoms with Gasteiger partial charge in [0.05, 0.1) is 13.1 Å². The first-order valence-corrected chi connectivity index (χ1v) is 8.36. The standard InChI is InChI=1S/C16H16N6O3/c23-10-9-11-13(16(24)21-6-1-3-12(21)25-11)14-15(10)22(19-18-14)8-7-20-5-2-4-17-20/h2,4-5,9,12-13H,1,3,6-8H2. The number of hydrogen-bond acceptors (Lipinski definition) is 6. The number of ketones is 1. The zero-order valence-electron chi connectivity index (χ0n) is 13.4. The average Bonchev–Trinajstić information content (AvgIpc) is 3.33. The molecule has 2 aliphatic heterocycles. The van der Waals surface area contributed by atoms with Gasteiger partial charge >= 0.3 is 0 Å². The molecule has 2 fully saturated rings. The van der Waals surface area contributed by atoms with Crippen LogP contribution in [0.4, 0.5) is 0 Å². The van der Waals surface area contributed by atoms with Crippen molar-refractivity contribution < 1.29 is 14.3 Å². The van der Waals surface area contributed by atoms with Gasteiger partial charge in [-0.2, -0.15) is 5.10 Å². The highest BCUT2D eigenvalue weighted by Gasteiger charge is 2.48. The fourth-order valence-electron chi connectivity index (χ4n) is 3.75. The Morgan fingerprint density at radius 3 is 3.04 bits per heavy atom. The van der Waals surface area contributed by atoms with Crippen molar-refractivity contribution >= 4 is 11.7 Å². The number of nitrogens with zero attached hydrogens (tertiary/aromatic N) is 6. The van der Waals surface area contributed by atoms with Crippen molar-refractivity contribution in [3.63, 3.8) is 0 Å². The van der Waals surface area contributed by atoms with E-state index in [-0.39, 0.29) is 17.9 Å². The first-order valence-electron chi connectivity index (χ1n) is 8.36. The lowest BCUT2D eigenvalue weighted by Gasteiger charge is -2.37. The third kappa shape index (κ3) is 2.11. The minimum Gasteiger partial charge on any atom is -0.473 e. The molecule has 5 rings (SSSR count). The second kappa shape index (κ2) is 5.27. The molecule has 1 amide bonds. The number of hydrogen-bond donors (Lipinski definition) is 0. The van der Waals surface area contributed by atoms with Gasteiger partial charge in [-0.25, -0.2) is 4.68 Å². The Hall–Kier alpha value is -2.97. The summed E-state index contributed by atoms with van der Waals surface area (Å²) in [5.41, 5.74) is 0.772. The molecule has 25 heavy (non-hydrogen) atoms. The number of amides is 1. The van der Waals surface area contributed by atoms with Crippen molar-refractivity contribution in [2.45, 2.75) is 38.1 Å². The number of rotatable bonds is 3. The van der Waals surface area contributed by atoms with E-state index in [2.05, 4.69) is 15.4 Å². The van der Waals surface area contributed by atoms with Crippen molar-refractivity contribution in [1.29, 1.82) is 0 Å². The van der Waals surface area contributed by atoms with Gasteiger partial charge in [-0.3, -0.25) is 14.3 Å². The Balaban J connectivity index is 1.48. The van der Waals surface area contributed by atoms with Crippen LogP contribution in [0.1, 0.15) is 34.9 Å². The summed E-state index contributed by atoms with van der Waals surface area (Å²) in [6, 6.07) is 1.83. The number of aryl methyl sites for hydroxylation is 2. The molecule has 2 unspecified atom stereocenters. The topological polar surface area (TPSA) is 95.1 Å². The Bertz CT molecular complexity index is 884. The second-order valence-electron chi connectivity index (χ2n) is 6.41. The fraction of sp³-hybridized carbons (Fsp3) is 0.438. The molecule has 9 nitrogen and oxygen atoms in total. The van der Waals surface area contributed by atoms with Crippen LogP contribution in [-0.4, -0.2) is 54.1 Å². The summed E-state index contributed by atoms with van der Waals surface area (Å²) in [7, 11) is 0. The van der Waals surface area contributed by atoms with E-state index in [1.54, 1.807) is 20.5 Å². The molecule has 1 aliphatic carbocycles. The monoisotopic (exact) mass is 340 g/mol. The molecule has 0 aromatic carbocycles. The summed E-state index contributed by atoms with van der Waals surface area (Å²) in [5, 5.41) is 12.4. The maximum Gasteiger partial charge on any atom is 0.242 e. The second-order valence-corrected chi connectivity index (χ2v) is 6.41. The fourth-order valence-corrected chi connectivity index (χ4v) is 3.75. The maximum absolute atomic E-state index is 12.9. The molecule has 3 aliphatic rings. The van der Waals surface area contributed by atoms with Crippen molar-refractivity contribution in [2.24, 2.45) is 0 Å². The van der Waals surface area contributed by atoms with Gasteiger partial charge in [-0.05, 0) is 12.5 Å². The Morgan fingerprint density at radius 1 is 1.28 bits per heavy atom. The van der Waals surface area contributed by atoms with Gasteiger partial charge in [0.25, 0.3) is 0 Å². The molecule has 4 heterocycles. The number of aromatic nitrogens is 5. The van der Waals surface area contributed by atoms with Crippen LogP contribution in [0.2, 0.25) is 0 Å². The number of carbonyl (C=O) groups is 2. The van der Waals surface area contributed by atoms with Gasteiger partial charge in [0.1, 0.15) is 23.1 Å². The van der Waals surface area contributed by atoms with Crippen LogP contribution in [0.25, 0.3) is 0 Å². The maximum atomic E-state index is 12.9. The zero-order valence-corrected chi connectivity index (χ0v) is 13.4. The number of carbonyl (C=O) groups excluding carboxylic acids is 2. The zero-order chi connectivity index (χ0) is 17.0. The predicted octanol–water partition coefficient (Wildman–Crippen LogP) is 0.317. The van der Waals surface area contributed by atoms with Crippen molar-refractivity contribution in [2.75, 3.05) is 6.54 Å². The minimum absolute atomic E-state index is 0.0483. The highest BCUT2D eigenvalue weighted by Crippen LogP contribution is 2.40. The number of ether oxygens (including phenoxy) is 1. The number of fused-ring (bicyclic) bond motifs is 4. The van der Waals surface area contributed by atoms with E-state index in [0.717, 1.165) is 12.8 Å². The lowest BCUT2D eigenvalue weighted by atomic mass is 9.91. The first-order chi connectivity index (χ1) is 12.2. The van der Waals surface area contributed by atoms with Crippen LogP contribution >= 0.6 is 0 Å². The first kappa shape index (κ1) is 14.4. The predicted molar refractivity (Wildman–Crippen MR) is 83.2 cm³/mol. The third-order valence-electron chi connectivity index (χ3n) is 4.93. The molecule has 128 valence electrons. The molecule has 0 bridgehead atoms. The molecule has 0 N–H and O–H groups in total. The molecule has 2 aromatic heterocycles. The SMILES string of the molecule is O=C1C=C2OC3CCCN3C(=O)C2c2nnn(CCn3cccn3)c21. The van der Waals surface area contributed by atoms with E-state index >= 15 is 0 Å². The van der Waals surface area contributed by atoms with Crippen LogP contribution in [-0.2, 0) is 22.6 Å². The van der Waals surface area contributed by atoms with E-state index in [4.69, 9.17) is 4.74 Å². The third-order valence-corrected chi connectivity index (χ3v) is 4.93. The Morgan fingerprint density at radius 2 is 2.20 bits per heavy atom. The summed E-state index contributed by atoms with van der Waals surface area (Å²) in [6.07, 6.45) is 6.42. The quantitative estimate of drug-likeness (QED) is 0.798. The van der Waals surface area contributed by atoms with Gasteiger partial charge in [-0.15, -0.1) is 5.10 Å². The van der Waals surface area contributed by atoms with Gasteiger partial charge < -0.3 is 9.64 Å². The van der Waals surface area contributed by atoms with Crippen molar-refractivity contribution in [3.05, 3.63) is 41.7 Å². The average molecular weight is 340 g/mol. The lowest BCUT2D eigenvalue weighted by molar-refractivity contribution is -0.149. The van der Waals surface area contributed by atoms with E-state index in [0.29, 0.717) is 36.8 Å². The van der Waals surface area contributed by atoms with Crippen LogP contribution < -0.4 is 0 Å². The van der Waals surface area contributed by atoms with Crippen molar-refractivity contribution in [3.8, 4) is 0 Å². The Kier molecular flexibility index (Phi) is 3.03. The summed E-state index contributed by atoms with van der Waals surface area (Å²) >= 11 is 0. The smallest absolute Gasteiger partial charge is 0.242 e. The summed E-state index contributed by atoms with van der Waals surface area (Å²) in [5.74, 6) is -0.510.